The number of hydrogen-bond acceptors (Lipinski definition) is 5. The predicted molar refractivity (Wildman–Crippen MR) is 131 cm³/mol. The number of carbonyl (C=O) groups is 2. The molecule has 0 unspecified atom stereocenters. The highest BCUT2D eigenvalue weighted by atomic mass is 16.5. The van der Waals surface area contributed by atoms with Crippen molar-refractivity contribution < 1.29 is 14.3 Å². The fourth-order valence-corrected chi connectivity index (χ4v) is 5.18. The highest BCUT2D eigenvalue weighted by Gasteiger charge is 2.41. The van der Waals surface area contributed by atoms with Gasteiger partial charge in [0.2, 0.25) is 0 Å². The molecule has 0 bridgehead atoms. The van der Waals surface area contributed by atoms with Crippen LogP contribution in [0.15, 0.2) is 77.1 Å². The fourth-order valence-electron chi connectivity index (χ4n) is 5.18. The van der Waals surface area contributed by atoms with Crippen LogP contribution in [0.2, 0.25) is 0 Å². The maximum atomic E-state index is 13.5. The van der Waals surface area contributed by atoms with Crippen LogP contribution < -0.4 is 10.2 Å². The molecule has 0 spiro atoms. The number of benzene rings is 2. The molecule has 172 valence electrons. The molecule has 0 amide bonds. The van der Waals surface area contributed by atoms with E-state index in [1.165, 1.54) is 12.7 Å². The molecular weight excluding hydrogens is 412 g/mol. The normalized spacial score (nSPS) is 20.3. The number of methoxy groups -OCH3 is 1. The number of ketones is 1. The average Bonchev–Trinajstić information content (AvgIpc) is 2.84. The Morgan fingerprint density at radius 2 is 1.67 bits per heavy atom. The minimum atomic E-state index is -0.427. The summed E-state index contributed by atoms with van der Waals surface area (Å²) in [6.45, 7) is 8.00. The fraction of sp³-hybridized carbons (Fsp3) is 0.357. The van der Waals surface area contributed by atoms with Gasteiger partial charge in [0.25, 0.3) is 0 Å². The van der Waals surface area contributed by atoms with Crippen molar-refractivity contribution in [1.82, 2.24) is 5.32 Å². The van der Waals surface area contributed by atoms with Crippen LogP contribution in [0.25, 0.3) is 0 Å². The SMILES string of the molecule is CCN(CC)c1ccc([C@H]2C(C(=O)OC)=C(C)NC3=C2C(=O)C[C@@H](c2ccccc2)C3)cc1. The second-order valence-corrected chi connectivity index (χ2v) is 8.68. The summed E-state index contributed by atoms with van der Waals surface area (Å²) in [7, 11) is 1.39. The minimum absolute atomic E-state index is 0.0873. The van der Waals surface area contributed by atoms with Crippen LogP contribution in [0.3, 0.4) is 0 Å². The van der Waals surface area contributed by atoms with Crippen molar-refractivity contribution in [2.24, 2.45) is 0 Å². The van der Waals surface area contributed by atoms with Gasteiger partial charge in [0.15, 0.2) is 5.78 Å². The molecule has 1 aliphatic carbocycles. The maximum Gasteiger partial charge on any atom is 0.336 e. The van der Waals surface area contributed by atoms with E-state index in [1.807, 2.05) is 37.3 Å². The van der Waals surface area contributed by atoms with Gasteiger partial charge in [-0.1, -0.05) is 42.5 Å². The number of Topliss-reactive ketones (excluding diaryl/α,β-unsaturated/α-hetero) is 1. The lowest BCUT2D eigenvalue weighted by atomic mass is 9.71. The van der Waals surface area contributed by atoms with Crippen LogP contribution >= 0.6 is 0 Å². The number of esters is 1. The summed E-state index contributed by atoms with van der Waals surface area (Å²) in [6, 6.07) is 18.4. The molecule has 5 nitrogen and oxygen atoms in total. The summed E-state index contributed by atoms with van der Waals surface area (Å²) in [5.74, 6) is -0.613. The first-order valence-corrected chi connectivity index (χ1v) is 11.7. The molecule has 1 aliphatic heterocycles. The van der Waals surface area contributed by atoms with Crippen molar-refractivity contribution in [1.29, 1.82) is 0 Å². The number of nitrogens with one attached hydrogen (secondary N) is 1. The zero-order chi connectivity index (χ0) is 23.5. The van der Waals surface area contributed by atoms with Crippen molar-refractivity contribution >= 4 is 17.4 Å². The van der Waals surface area contributed by atoms with Crippen molar-refractivity contribution in [3.63, 3.8) is 0 Å². The molecule has 1 N–H and O–H groups in total. The molecule has 0 fully saturated rings. The average molecular weight is 445 g/mol. The maximum absolute atomic E-state index is 13.5. The molecule has 1 heterocycles. The first kappa shape index (κ1) is 22.8. The van der Waals surface area contributed by atoms with Gasteiger partial charge < -0.3 is 15.0 Å². The summed E-state index contributed by atoms with van der Waals surface area (Å²) >= 11 is 0. The van der Waals surface area contributed by atoms with Crippen LogP contribution in [-0.2, 0) is 14.3 Å². The Bertz CT molecular complexity index is 1100. The highest BCUT2D eigenvalue weighted by molar-refractivity contribution is 6.04. The molecule has 2 aromatic rings. The summed E-state index contributed by atoms with van der Waals surface area (Å²) < 4.78 is 5.14. The van der Waals surface area contributed by atoms with E-state index in [9.17, 15) is 9.59 Å². The van der Waals surface area contributed by atoms with E-state index < -0.39 is 11.9 Å². The molecule has 2 aromatic carbocycles. The van der Waals surface area contributed by atoms with Gasteiger partial charge in [0, 0.05) is 48.1 Å². The Morgan fingerprint density at radius 3 is 2.27 bits per heavy atom. The van der Waals surface area contributed by atoms with E-state index in [0.29, 0.717) is 17.6 Å². The topological polar surface area (TPSA) is 58.6 Å². The second-order valence-electron chi connectivity index (χ2n) is 8.68. The Labute approximate surface area is 196 Å². The summed E-state index contributed by atoms with van der Waals surface area (Å²) in [6.07, 6.45) is 1.18. The number of hydrogen-bond donors (Lipinski definition) is 1. The molecule has 2 aliphatic rings. The standard InChI is InChI=1S/C28H32N2O3/c1-5-30(6-2)22-14-12-20(13-15-22)26-25(28(32)33-4)18(3)29-23-16-21(17-24(31)27(23)26)19-10-8-7-9-11-19/h7-15,21,26,29H,5-6,16-17H2,1-4H3/t21-,26-/m0/s1. The third-order valence-electron chi connectivity index (χ3n) is 6.86. The number of dihydropyridines is 1. The number of carbonyl (C=O) groups excluding carboxylic acids is 2. The molecule has 0 aromatic heterocycles. The minimum Gasteiger partial charge on any atom is -0.466 e. The van der Waals surface area contributed by atoms with Gasteiger partial charge in [0.1, 0.15) is 0 Å². The summed E-state index contributed by atoms with van der Waals surface area (Å²) in [5.41, 5.74) is 6.11. The molecule has 2 atom stereocenters. The van der Waals surface area contributed by atoms with Crippen molar-refractivity contribution in [2.45, 2.75) is 45.4 Å². The number of ether oxygens (including phenoxy) is 1. The molecule has 0 radical (unpaired) electrons. The third-order valence-corrected chi connectivity index (χ3v) is 6.86. The molecule has 0 saturated carbocycles. The molecule has 4 rings (SSSR count). The monoisotopic (exact) mass is 444 g/mol. The third kappa shape index (κ3) is 4.32. The lowest BCUT2D eigenvalue weighted by molar-refractivity contribution is -0.136. The van der Waals surface area contributed by atoms with Crippen molar-refractivity contribution in [3.8, 4) is 0 Å². The van der Waals surface area contributed by atoms with E-state index in [2.05, 4.69) is 48.3 Å². The number of rotatable bonds is 6. The molecular formula is C28H32N2O3. The highest BCUT2D eigenvalue weighted by Crippen LogP contribution is 2.45. The van der Waals surface area contributed by atoms with Gasteiger partial charge in [0.05, 0.1) is 12.7 Å². The van der Waals surface area contributed by atoms with Crippen LogP contribution in [0.4, 0.5) is 5.69 Å². The van der Waals surface area contributed by atoms with Crippen LogP contribution in [0.5, 0.6) is 0 Å². The Morgan fingerprint density at radius 1 is 1.00 bits per heavy atom. The number of allylic oxidation sites excluding steroid dienone is 3. The van der Waals surface area contributed by atoms with Crippen LogP contribution in [0, 0.1) is 0 Å². The van der Waals surface area contributed by atoms with Gasteiger partial charge in [-0.3, -0.25) is 4.79 Å². The predicted octanol–water partition coefficient (Wildman–Crippen LogP) is 5.07. The lowest BCUT2D eigenvalue weighted by Crippen LogP contribution is -2.36. The van der Waals surface area contributed by atoms with Gasteiger partial charge >= 0.3 is 5.97 Å². The smallest absolute Gasteiger partial charge is 0.336 e. The molecule has 33 heavy (non-hydrogen) atoms. The van der Waals surface area contributed by atoms with E-state index >= 15 is 0 Å². The van der Waals surface area contributed by atoms with Gasteiger partial charge in [-0.2, -0.15) is 0 Å². The van der Waals surface area contributed by atoms with Crippen molar-refractivity contribution in [3.05, 3.63) is 88.3 Å². The second kappa shape index (κ2) is 9.65. The molecule has 5 heteroatoms. The van der Waals surface area contributed by atoms with E-state index in [4.69, 9.17) is 4.74 Å². The van der Waals surface area contributed by atoms with Gasteiger partial charge in [-0.15, -0.1) is 0 Å². The van der Waals surface area contributed by atoms with E-state index in [0.717, 1.165) is 42.2 Å². The van der Waals surface area contributed by atoms with E-state index in [1.54, 1.807) is 0 Å². The van der Waals surface area contributed by atoms with Crippen LogP contribution in [-0.4, -0.2) is 32.0 Å². The van der Waals surface area contributed by atoms with Crippen LogP contribution in [0.1, 0.15) is 56.6 Å². The van der Waals surface area contributed by atoms with Gasteiger partial charge in [-0.05, 0) is 56.4 Å². The van der Waals surface area contributed by atoms with Crippen molar-refractivity contribution in [2.75, 3.05) is 25.1 Å². The summed E-state index contributed by atoms with van der Waals surface area (Å²) in [4.78, 5) is 28.7. The van der Waals surface area contributed by atoms with Gasteiger partial charge in [-0.25, -0.2) is 4.79 Å². The van der Waals surface area contributed by atoms with E-state index in [-0.39, 0.29) is 11.7 Å². The zero-order valence-electron chi connectivity index (χ0n) is 19.9. The molecule has 0 saturated heterocycles. The first-order valence-electron chi connectivity index (χ1n) is 11.7. The first-order chi connectivity index (χ1) is 16.0. The number of nitrogens with zero attached hydrogens (tertiary/aromatic N) is 1. The Hall–Kier alpha value is -3.34. The summed E-state index contributed by atoms with van der Waals surface area (Å²) in [5, 5.41) is 3.39. The zero-order valence-corrected chi connectivity index (χ0v) is 19.9. The lowest BCUT2D eigenvalue weighted by Gasteiger charge is -2.36. The Balaban J connectivity index is 1.77. The Kier molecular flexibility index (Phi) is 6.68. The quantitative estimate of drug-likeness (QED) is 0.631. The number of anilines is 1. The largest absolute Gasteiger partial charge is 0.466 e.